The molecule has 0 bridgehead atoms. The molecule has 0 saturated heterocycles. The average molecular weight is 180 g/mol. The Balaban J connectivity index is 2.46. The van der Waals surface area contributed by atoms with Crippen molar-refractivity contribution in [2.45, 2.75) is 46.3 Å². The lowest BCUT2D eigenvalue weighted by molar-refractivity contribution is 0.424. The summed E-state index contributed by atoms with van der Waals surface area (Å²) in [5, 5.41) is 3.46. The Morgan fingerprint density at radius 3 is 2.54 bits per heavy atom. The van der Waals surface area contributed by atoms with Crippen molar-refractivity contribution in [2.24, 2.45) is 0 Å². The normalized spacial score (nSPS) is 12.0. The minimum Gasteiger partial charge on any atom is -0.354 e. The third-order valence-electron chi connectivity index (χ3n) is 2.00. The first-order chi connectivity index (χ1) is 6.01. The van der Waals surface area contributed by atoms with Crippen LogP contribution in [0.3, 0.4) is 0 Å². The van der Waals surface area contributed by atoms with E-state index in [-0.39, 0.29) is 5.54 Å². The zero-order valence-electron chi connectivity index (χ0n) is 9.09. The van der Waals surface area contributed by atoms with Gasteiger partial charge in [-0.25, -0.2) is 0 Å². The van der Waals surface area contributed by atoms with Gasteiger partial charge >= 0.3 is 0 Å². The first kappa shape index (κ1) is 10.3. The van der Waals surface area contributed by atoms with Crippen LogP contribution in [0.1, 0.15) is 33.3 Å². The fraction of sp³-hybridized carbons (Fsp3) is 0.636. The summed E-state index contributed by atoms with van der Waals surface area (Å²) in [4.78, 5) is 0. The number of aromatic nitrogens is 1. The second-order valence-corrected chi connectivity index (χ2v) is 4.45. The Kier molecular flexibility index (Phi) is 3.15. The molecule has 2 nitrogen and oxygen atoms in total. The van der Waals surface area contributed by atoms with Crippen LogP contribution in [-0.4, -0.2) is 10.1 Å². The maximum atomic E-state index is 3.46. The van der Waals surface area contributed by atoms with Crippen LogP contribution in [0.4, 0.5) is 0 Å². The van der Waals surface area contributed by atoms with Crippen LogP contribution >= 0.6 is 0 Å². The fourth-order valence-electron chi connectivity index (χ4n) is 1.16. The second-order valence-electron chi connectivity index (χ2n) is 4.45. The van der Waals surface area contributed by atoms with Crippen molar-refractivity contribution in [3.05, 3.63) is 24.0 Å². The van der Waals surface area contributed by atoms with Crippen LogP contribution < -0.4 is 5.32 Å². The van der Waals surface area contributed by atoms with Crippen LogP contribution in [0.2, 0.25) is 0 Å². The van der Waals surface area contributed by atoms with E-state index >= 15 is 0 Å². The van der Waals surface area contributed by atoms with Gasteiger partial charge in [-0.2, -0.15) is 0 Å². The van der Waals surface area contributed by atoms with Crippen molar-refractivity contribution in [1.82, 2.24) is 9.88 Å². The smallest absolute Gasteiger partial charge is 0.0225 e. The van der Waals surface area contributed by atoms with E-state index in [1.54, 1.807) is 0 Å². The Morgan fingerprint density at radius 1 is 1.38 bits per heavy atom. The Labute approximate surface area is 81.0 Å². The summed E-state index contributed by atoms with van der Waals surface area (Å²) in [6.07, 6.45) is 4.32. The molecule has 0 atom stereocenters. The molecule has 13 heavy (non-hydrogen) atoms. The predicted molar refractivity (Wildman–Crippen MR) is 56.7 cm³/mol. The zero-order chi connectivity index (χ0) is 9.90. The van der Waals surface area contributed by atoms with Gasteiger partial charge in [-0.15, -0.1) is 0 Å². The first-order valence-electron chi connectivity index (χ1n) is 4.91. The zero-order valence-corrected chi connectivity index (χ0v) is 9.09. The lowest BCUT2D eigenvalue weighted by Gasteiger charge is -2.19. The van der Waals surface area contributed by atoms with Gasteiger partial charge in [-0.1, -0.05) is 0 Å². The van der Waals surface area contributed by atoms with Crippen LogP contribution in [0, 0.1) is 0 Å². The van der Waals surface area contributed by atoms with Crippen molar-refractivity contribution in [2.75, 3.05) is 0 Å². The molecule has 2 heteroatoms. The van der Waals surface area contributed by atoms with Gasteiger partial charge in [0.25, 0.3) is 0 Å². The number of hydrogen-bond donors (Lipinski definition) is 1. The van der Waals surface area contributed by atoms with E-state index in [2.05, 4.69) is 56.0 Å². The van der Waals surface area contributed by atoms with Gasteiger partial charge < -0.3 is 9.88 Å². The van der Waals surface area contributed by atoms with E-state index in [4.69, 9.17) is 0 Å². The lowest BCUT2D eigenvalue weighted by atomic mass is 10.1. The number of nitrogens with zero attached hydrogens (tertiary/aromatic N) is 1. The Hall–Kier alpha value is -0.760. The molecule has 0 fully saturated rings. The second kappa shape index (κ2) is 3.97. The molecule has 0 aromatic carbocycles. The number of nitrogens with one attached hydrogen (secondary N) is 1. The highest BCUT2D eigenvalue weighted by Crippen LogP contribution is 2.04. The van der Waals surface area contributed by atoms with Crippen molar-refractivity contribution < 1.29 is 0 Å². The topological polar surface area (TPSA) is 17.0 Å². The molecule has 1 heterocycles. The molecule has 0 aliphatic rings. The molecule has 1 rings (SSSR count). The molecule has 1 N–H and O–H groups in total. The number of rotatable bonds is 3. The van der Waals surface area contributed by atoms with E-state index in [1.807, 2.05) is 0 Å². The predicted octanol–water partition coefficient (Wildman–Crippen LogP) is 2.40. The van der Waals surface area contributed by atoms with Crippen LogP contribution in [0.25, 0.3) is 0 Å². The summed E-state index contributed by atoms with van der Waals surface area (Å²) in [5.41, 5.74) is 1.56. The maximum absolute atomic E-state index is 3.46. The molecular formula is C11H20N2. The summed E-state index contributed by atoms with van der Waals surface area (Å²) >= 11 is 0. The summed E-state index contributed by atoms with van der Waals surface area (Å²) < 4.78 is 2.19. The fourth-order valence-corrected chi connectivity index (χ4v) is 1.16. The molecule has 0 amide bonds. The average Bonchev–Trinajstić information content (AvgIpc) is 2.47. The first-order valence-corrected chi connectivity index (χ1v) is 4.91. The summed E-state index contributed by atoms with van der Waals surface area (Å²) in [6.45, 7) is 10.7. The van der Waals surface area contributed by atoms with Gasteiger partial charge in [0.05, 0.1) is 0 Å². The van der Waals surface area contributed by atoms with Crippen molar-refractivity contribution in [1.29, 1.82) is 0 Å². The highest BCUT2D eigenvalue weighted by atomic mass is 15.0. The molecule has 74 valence electrons. The minimum absolute atomic E-state index is 0.203. The standard InChI is InChI=1S/C11H20N2/c1-5-13-7-6-10(9-13)8-12-11(2,3)4/h6-7,9,12H,5,8H2,1-4H3. The molecule has 0 unspecified atom stereocenters. The van der Waals surface area contributed by atoms with Gasteiger partial charge in [0.2, 0.25) is 0 Å². The molecule has 0 aliphatic carbocycles. The van der Waals surface area contributed by atoms with Crippen molar-refractivity contribution >= 4 is 0 Å². The molecular weight excluding hydrogens is 160 g/mol. The Morgan fingerprint density at radius 2 is 2.08 bits per heavy atom. The van der Waals surface area contributed by atoms with Gasteiger partial charge in [-0.3, -0.25) is 0 Å². The highest BCUT2D eigenvalue weighted by Gasteiger charge is 2.08. The third-order valence-corrected chi connectivity index (χ3v) is 2.00. The number of hydrogen-bond acceptors (Lipinski definition) is 1. The largest absolute Gasteiger partial charge is 0.354 e. The highest BCUT2D eigenvalue weighted by molar-refractivity contribution is 5.10. The molecule has 1 aromatic rings. The lowest BCUT2D eigenvalue weighted by Crippen LogP contribution is -2.34. The summed E-state index contributed by atoms with van der Waals surface area (Å²) in [5.74, 6) is 0. The van der Waals surface area contributed by atoms with Gasteiger partial charge in [0.1, 0.15) is 0 Å². The van der Waals surface area contributed by atoms with Crippen LogP contribution in [-0.2, 0) is 13.1 Å². The van der Waals surface area contributed by atoms with Crippen molar-refractivity contribution in [3.63, 3.8) is 0 Å². The van der Waals surface area contributed by atoms with E-state index in [0.29, 0.717) is 0 Å². The number of aryl methyl sites for hydroxylation is 1. The molecule has 1 aromatic heterocycles. The van der Waals surface area contributed by atoms with E-state index in [1.165, 1.54) is 5.56 Å². The molecule has 0 radical (unpaired) electrons. The third kappa shape index (κ3) is 3.64. The molecule has 0 spiro atoms. The van der Waals surface area contributed by atoms with Gasteiger partial charge in [0.15, 0.2) is 0 Å². The van der Waals surface area contributed by atoms with E-state index in [0.717, 1.165) is 13.1 Å². The SMILES string of the molecule is CCn1ccc(CNC(C)(C)C)c1. The molecule has 0 aliphatic heterocycles. The Bertz CT molecular complexity index is 255. The summed E-state index contributed by atoms with van der Waals surface area (Å²) in [7, 11) is 0. The molecule has 0 saturated carbocycles. The van der Waals surface area contributed by atoms with Crippen molar-refractivity contribution in [3.8, 4) is 0 Å². The van der Waals surface area contributed by atoms with E-state index < -0.39 is 0 Å². The van der Waals surface area contributed by atoms with Gasteiger partial charge in [0, 0.05) is 31.0 Å². The summed E-state index contributed by atoms with van der Waals surface area (Å²) in [6, 6.07) is 2.17. The minimum atomic E-state index is 0.203. The van der Waals surface area contributed by atoms with E-state index in [9.17, 15) is 0 Å². The quantitative estimate of drug-likeness (QED) is 0.755. The maximum Gasteiger partial charge on any atom is 0.0225 e. The van der Waals surface area contributed by atoms with Crippen LogP contribution in [0.15, 0.2) is 18.5 Å². The van der Waals surface area contributed by atoms with Gasteiger partial charge in [-0.05, 0) is 39.3 Å². The monoisotopic (exact) mass is 180 g/mol. The van der Waals surface area contributed by atoms with Crippen LogP contribution in [0.5, 0.6) is 0 Å².